The fourth-order valence-electron chi connectivity index (χ4n) is 3.00. The van der Waals surface area contributed by atoms with E-state index in [9.17, 15) is 0 Å². The van der Waals surface area contributed by atoms with Crippen molar-refractivity contribution in [3.05, 3.63) is 29.0 Å². The first-order chi connectivity index (χ1) is 9.22. The maximum atomic E-state index is 6.00. The van der Waals surface area contributed by atoms with Crippen LogP contribution in [0.15, 0.2) is 18.2 Å². The zero-order chi connectivity index (χ0) is 13.2. The number of aromatic amines is 1. The van der Waals surface area contributed by atoms with Crippen molar-refractivity contribution in [2.45, 2.75) is 44.7 Å². The van der Waals surface area contributed by atoms with Crippen LogP contribution >= 0.6 is 11.6 Å². The van der Waals surface area contributed by atoms with Crippen molar-refractivity contribution < 1.29 is 0 Å². The van der Waals surface area contributed by atoms with E-state index in [4.69, 9.17) is 11.6 Å². The second-order valence-electron chi connectivity index (χ2n) is 5.55. The summed E-state index contributed by atoms with van der Waals surface area (Å²) in [6.45, 7) is 0.886. The number of hydrogen-bond donors (Lipinski definition) is 1. The molecule has 1 fully saturated rings. The van der Waals surface area contributed by atoms with Gasteiger partial charge >= 0.3 is 0 Å². The molecule has 0 atom stereocenters. The van der Waals surface area contributed by atoms with Crippen LogP contribution in [0.1, 0.15) is 37.9 Å². The van der Waals surface area contributed by atoms with Gasteiger partial charge in [0.25, 0.3) is 0 Å². The zero-order valence-corrected chi connectivity index (χ0v) is 12.1. The highest BCUT2D eigenvalue weighted by Crippen LogP contribution is 2.23. The lowest BCUT2D eigenvalue weighted by molar-refractivity contribution is 0.181. The Balaban J connectivity index is 1.73. The minimum Gasteiger partial charge on any atom is -0.341 e. The fourth-order valence-corrected chi connectivity index (χ4v) is 3.17. The number of H-pyrrole nitrogens is 1. The summed E-state index contributed by atoms with van der Waals surface area (Å²) in [6, 6.07) is 6.51. The zero-order valence-electron chi connectivity index (χ0n) is 11.3. The van der Waals surface area contributed by atoms with Crippen LogP contribution in [0.2, 0.25) is 5.02 Å². The van der Waals surface area contributed by atoms with E-state index in [1.807, 2.05) is 18.2 Å². The van der Waals surface area contributed by atoms with Gasteiger partial charge in [-0.3, -0.25) is 4.90 Å². The highest BCUT2D eigenvalue weighted by Gasteiger charge is 2.18. The van der Waals surface area contributed by atoms with Gasteiger partial charge in [-0.25, -0.2) is 4.98 Å². The summed E-state index contributed by atoms with van der Waals surface area (Å²) in [5.41, 5.74) is 2.02. The van der Waals surface area contributed by atoms with E-state index in [1.165, 1.54) is 32.1 Å². The Kier molecular flexibility index (Phi) is 3.76. The summed E-state index contributed by atoms with van der Waals surface area (Å²) in [6.07, 6.45) is 6.77. The van der Waals surface area contributed by atoms with Gasteiger partial charge in [0.15, 0.2) is 0 Å². The Hall–Kier alpha value is -1.06. The van der Waals surface area contributed by atoms with Crippen LogP contribution in [0.25, 0.3) is 11.0 Å². The molecule has 2 aromatic rings. The molecule has 4 heteroatoms. The van der Waals surface area contributed by atoms with Gasteiger partial charge in [0.2, 0.25) is 0 Å². The quantitative estimate of drug-likeness (QED) is 0.920. The van der Waals surface area contributed by atoms with E-state index >= 15 is 0 Å². The molecular formula is C15H20ClN3. The molecule has 0 unspecified atom stereocenters. The topological polar surface area (TPSA) is 31.9 Å². The number of fused-ring (bicyclic) bond motifs is 1. The van der Waals surface area contributed by atoms with Crippen molar-refractivity contribution in [1.82, 2.24) is 14.9 Å². The average molecular weight is 278 g/mol. The third-order valence-electron chi connectivity index (χ3n) is 4.09. The summed E-state index contributed by atoms with van der Waals surface area (Å²) in [5, 5.41) is 0.753. The molecule has 3 rings (SSSR count). The van der Waals surface area contributed by atoms with Crippen LogP contribution in [0, 0.1) is 0 Å². The standard InChI is InChI=1S/C15H20ClN3/c1-19(12-5-3-2-4-6-12)10-15-17-13-8-7-11(16)9-14(13)18-15/h7-9,12H,2-6,10H2,1H3,(H,17,18). The van der Waals surface area contributed by atoms with Crippen molar-refractivity contribution >= 4 is 22.6 Å². The second kappa shape index (κ2) is 5.51. The first kappa shape index (κ1) is 12.9. The van der Waals surface area contributed by atoms with Gasteiger partial charge in [0.1, 0.15) is 5.82 Å². The van der Waals surface area contributed by atoms with E-state index in [1.54, 1.807) is 0 Å². The van der Waals surface area contributed by atoms with E-state index in [2.05, 4.69) is 21.9 Å². The molecule has 1 aromatic heterocycles. The van der Waals surface area contributed by atoms with Crippen LogP contribution in [0.5, 0.6) is 0 Å². The smallest absolute Gasteiger partial charge is 0.121 e. The highest BCUT2D eigenvalue weighted by molar-refractivity contribution is 6.31. The fraction of sp³-hybridized carbons (Fsp3) is 0.533. The van der Waals surface area contributed by atoms with Crippen molar-refractivity contribution in [2.24, 2.45) is 0 Å². The van der Waals surface area contributed by atoms with Crippen LogP contribution in [-0.2, 0) is 6.54 Å². The number of benzene rings is 1. The molecule has 0 spiro atoms. The van der Waals surface area contributed by atoms with E-state index < -0.39 is 0 Å². The number of halogens is 1. The first-order valence-electron chi connectivity index (χ1n) is 7.07. The van der Waals surface area contributed by atoms with E-state index in [0.29, 0.717) is 6.04 Å². The Morgan fingerprint density at radius 1 is 1.32 bits per heavy atom. The van der Waals surface area contributed by atoms with Crippen molar-refractivity contribution in [1.29, 1.82) is 0 Å². The molecule has 19 heavy (non-hydrogen) atoms. The number of rotatable bonds is 3. The highest BCUT2D eigenvalue weighted by atomic mass is 35.5. The predicted molar refractivity (Wildman–Crippen MR) is 79.4 cm³/mol. The minimum atomic E-state index is 0.713. The van der Waals surface area contributed by atoms with E-state index in [0.717, 1.165) is 28.4 Å². The second-order valence-corrected chi connectivity index (χ2v) is 5.99. The minimum absolute atomic E-state index is 0.713. The van der Waals surface area contributed by atoms with E-state index in [-0.39, 0.29) is 0 Å². The Bertz CT molecular complexity index is 558. The molecule has 3 nitrogen and oxygen atoms in total. The summed E-state index contributed by atoms with van der Waals surface area (Å²) < 4.78 is 0. The molecule has 0 amide bonds. The van der Waals surface area contributed by atoms with Gasteiger partial charge in [-0.2, -0.15) is 0 Å². The summed E-state index contributed by atoms with van der Waals surface area (Å²) in [4.78, 5) is 10.4. The lowest BCUT2D eigenvalue weighted by Gasteiger charge is -2.30. The van der Waals surface area contributed by atoms with Crippen LogP contribution in [-0.4, -0.2) is 28.0 Å². The van der Waals surface area contributed by atoms with Crippen LogP contribution in [0.4, 0.5) is 0 Å². The molecule has 1 N–H and O–H groups in total. The van der Waals surface area contributed by atoms with Gasteiger partial charge in [0, 0.05) is 11.1 Å². The molecule has 0 bridgehead atoms. The monoisotopic (exact) mass is 277 g/mol. The molecule has 1 aliphatic carbocycles. The van der Waals surface area contributed by atoms with Gasteiger partial charge in [0.05, 0.1) is 17.6 Å². The van der Waals surface area contributed by atoms with Crippen LogP contribution < -0.4 is 0 Å². The summed E-state index contributed by atoms with van der Waals surface area (Å²) >= 11 is 6.00. The van der Waals surface area contributed by atoms with Crippen molar-refractivity contribution in [2.75, 3.05) is 7.05 Å². The molecule has 1 aliphatic rings. The maximum Gasteiger partial charge on any atom is 0.121 e. The SMILES string of the molecule is CN(Cc1nc2ccc(Cl)cc2[nH]1)C1CCCCC1. The van der Waals surface area contributed by atoms with Crippen molar-refractivity contribution in [3.8, 4) is 0 Å². The van der Waals surface area contributed by atoms with Gasteiger partial charge in [-0.15, -0.1) is 0 Å². The number of nitrogens with zero attached hydrogens (tertiary/aromatic N) is 2. The summed E-state index contributed by atoms with van der Waals surface area (Å²) in [7, 11) is 2.20. The van der Waals surface area contributed by atoms with Gasteiger partial charge in [-0.05, 0) is 38.1 Å². The molecule has 1 saturated carbocycles. The number of nitrogens with one attached hydrogen (secondary N) is 1. The number of aromatic nitrogens is 2. The predicted octanol–water partition coefficient (Wildman–Crippen LogP) is 3.98. The van der Waals surface area contributed by atoms with Gasteiger partial charge < -0.3 is 4.98 Å². The average Bonchev–Trinajstić information content (AvgIpc) is 2.81. The maximum absolute atomic E-state index is 6.00. The molecule has 1 aromatic carbocycles. The Morgan fingerprint density at radius 3 is 2.89 bits per heavy atom. The molecule has 1 heterocycles. The molecule has 0 saturated heterocycles. The largest absolute Gasteiger partial charge is 0.341 e. The van der Waals surface area contributed by atoms with Crippen LogP contribution in [0.3, 0.4) is 0 Å². The lowest BCUT2D eigenvalue weighted by atomic mass is 9.94. The number of imidazole rings is 1. The molecular weight excluding hydrogens is 258 g/mol. The third kappa shape index (κ3) is 2.93. The first-order valence-corrected chi connectivity index (χ1v) is 7.44. The third-order valence-corrected chi connectivity index (χ3v) is 4.33. The molecule has 0 aliphatic heterocycles. The molecule has 0 radical (unpaired) electrons. The number of hydrogen-bond acceptors (Lipinski definition) is 2. The van der Waals surface area contributed by atoms with Crippen molar-refractivity contribution in [3.63, 3.8) is 0 Å². The lowest BCUT2D eigenvalue weighted by Crippen LogP contribution is -2.33. The molecule has 102 valence electrons. The Labute approximate surface area is 119 Å². The Morgan fingerprint density at radius 2 is 2.11 bits per heavy atom. The summed E-state index contributed by atoms with van der Waals surface area (Å²) in [5.74, 6) is 1.03. The van der Waals surface area contributed by atoms with Gasteiger partial charge in [-0.1, -0.05) is 30.9 Å². The normalized spacial score (nSPS) is 17.4.